The summed E-state index contributed by atoms with van der Waals surface area (Å²) in [5.74, 6) is -1.53. The van der Waals surface area contributed by atoms with E-state index in [1.807, 2.05) is 39.0 Å². The molecule has 39 heavy (non-hydrogen) atoms. The van der Waals surface area contributed by atoms with Crippen LogP contribution in [0.4, 0.5) is 0 Å². The minimum Gasteiger partial charge on any atom is -0.349 e. The summed E-state index contributed by atoms with van der Waals surface area (Å²) in [5.41, 5.74) is 1.71. The van der Waals surface area contributed by atoms with Crippen LogP contribution in [0.1, 0.15) is 64.1 Å². The summed E-state index contributed by atoms with van der Waals surface area (Å²) in [7, 11) is -1.92. The van der Waals surface area contributed by atoms with Gasteiger partial charge in [0, 0.05) is 19.1 Å². The summed E-state index contributed by atoms with van der Waals surface area (Å²) in [6.45, 7) is 7.72. The largest absolute Gasteiger partial charge is 0.349 e. The van der Waals surface area contributed by atoms with Crippen LogP contribution in [0.15, 0.2) is 24.3 Å². The van der Waals surface area contributed by atoms with Gasteiger partial charge in [-0.25, -0.2) is 8.42 Å². The fourth-order valence-electron chi connectivity index (χ4n) is 6.31. The molecular formula is C28H43N5O5S. The molecule has 216 valence electrons. The molecule has 2 heterocycles. The van der Waals surface area contributed by atoms with E-state index in [1.54, 1.807) is 18.9 Å². The number of aryl methyl sites for hydroxylation is 1. The predicted octanol–water partition coefficient (Wildman–Crippen LogP) is 1.18. The second-order valence-electron chi connectivity index (χ2n) is 12.3. The number of nitrogens with one attached hydrogen (secondary N) is 3. The first kappa shape index (κ1) is 29.5. The molecule has 10 nitrogen and oxygen atoms in total. The van der Waals surface area contributed by atoms with Crippen LogP contribution in [-0.4, -0.2) is 85.9 Å². The summed E-state index contributed by atoms with van der Waals surface area (Å²) < 4.78 is 26.9. The number of rotatable bonds is 7. The van der Waals surface area contributed by atoms with Gasteiger partial charge in [0.15, 0.2) is 0 Å². The zero-order valence-electron chi connectivity index (χ0n) is 23.9. The van der Waals surface area contributed by atoms with E-state index in [1.165, 1.54) is 9.87 Å². The van der Waals surface area contributed by atoms with Gasteiger partial charge in [-0.1, -0.05) is 45.0 Å². The number of nitrogens with zero attached hydrogens (tertiary/aromatic N) is 2. The molecule has 2 aliphatic heterocycles. The summed E-state index contributed by atoms with van der Waals surface area (Å²) in [6, 6.07) is 5.53. The highest BCUT2D eigenvalue weighted by atomic mass is 32.2. The molecule has 0 saturated carbocycles. The van der Waals surface area contributed by atoms with E-state index in [2.05, 4.69) is 22.0 Å². The number of carbonyl (C=O) groups is 3. The second kappa shape index (κ2) is 11.2. The molecule has 4 rings (SSSR count). The normalized spacial score (nSPS) is 26.9. The number of amides is 3. The molecule has 1 aromatic carbocycles. The van der Waals surface area contributed by atoms with Crippen LogP contribution in [0, 0.1) is 11.3 Å². The molecule has 0 bridgehead atoms. The molecule has 3 amide bonds. The Hall–Kier alpha value is -2.50. The molecule has 2 fully saturated rings. The van der Waals surface area contributed by atoms with E-state index < -0.39 is 45.5 Å². The Morgan fingerprint density at radius 1 is 1.10 bits per heavy atom. The highest BCUT2D eigenvalue weighted by Gasteiger charge is 2.56. The van der Waals surface area contributed by atoms with Gasteiger partial charge in [-0.3, -0.25) is 14.4 Å². The molecule has 1 aliphatic carbocycles. The van der Waals surface area contributed by atoms with Gasteiger partial charge in [0.25, 0.3) is 0 Å². The van der Waals surface area contributed by atoms with Crippen molar-refractivity contribution in [3.63, 3.8) is 0 Å². The number of hydrogen-bond acceptors (Lipinski definition) is 6. The third-order valence-corrected chi connectivity index (χ3v) is 9.81. The average molecular weight is 562 g/mol. The van der Waals surface area contributed by atoms with Crippen LogP contribution in [0.3, 0.4) is 0 Å². The number of fused-ring (bicyclic) bond motifs is 2. The zero-order chi connectivity index (χ0) is 28.7. The Morgan fingerprint density at radius 3 is 2.44 bits per heavy atom. The van der Waals surface area contributed by atoms with Gasteiger partial charge in [0.1, 0.15) is 6.04 Å². The zero-order valence-corrected chi connectivity index (χ0v) is 24.7. The van der Waals surface area contributed by atoms with Gasteiger partial charge in [0.05, 0.1) is 30.3 Å². The molecule has 6 atom stereocenters. The minimum absolute atomic E-state index is 0.0292. The van der Waals surface area contributed by atoms with E-state index in [0.717, 1.165) is 31.1 Å². The summed E-state index contributed by atoms with van der Waals surface area (Å²) in [5, 5.41) is 8.99. The van der Waals surface area contributed by atoms with E-state index in [4.69, 9.17) is 0 Å². The lowest BCUT2D eigenvalue weighted by Crippen LogP contribution is -2.59. The monoisotopic (exact) mass is 561 g/mol. The quantitative estimate of drug-likeness (QED) is 0.459. The van der Waals surface area contributed by atoms with Gasteiger partial charge in [0.2, 0.25) is 27.7 Å². The molecule has 1 aromatic rings. The first-order chi connectivity index (χ1) is 18.2. The number of carbonyl (C=O) groups excluding carboxylic acids is 3. The van der Waals surface area contributed by atoms with E-state index in [-0.39, 0.29) is 30.3 Å². The molecular weight excluding hydrogens is 518 g/mol. The van der Waals surface area contributed by atoms with Gasteiger partial charge < -0.3 is 20.9 Å². The fourth-order valence-corrected chi connectivity index (χ4v) is 7.46. The molecule has 0 unspecified atom stereocenters. The number of hydrogen-bond donors (Lipinski definition) is 3. The van der Waals surface area contributed by atoms with Gasteiger partial charge in [-0.05, 0) is 56.2 Å². The van der Waals surface area contributed by atoms with Gasteiger partial charge in [-0.2, -0.15) is 4.31 Å². The fraction of sp³-hybridized carbons (Fsp3) is 0.679. The van der Waals surface area contributed by atoms with Gasteiger partial charge in [-0.15, -0.1) is 0 Å². The average Bonchev–Trinajstić information content (AvgIpc) is 3.46. The number of benzene rings is 1. The lowest BCUT2D eigenvalue weighted by molar-refractivity contribution is -0.142. The van der Waals surface area contributed by atoms with Crippen molar-refractivity contribution in [3.8, 4) is 0 Å². The van der Waals surface area contributed by atoms with Crippen LogP contribution >= 0.6 is 0 Å². The van der Waals surface area contributed by atoms with E-state index >= 15 is 0 Å². The molecule has 3 aliphatic rings. The number of likely N-dealkylation sites (N-methyl/N-ethyl adjacent to an activating group) is 1. The predicted molar refractivity (Wildman–Crippen MR) is 149 cm³/mol. The lowest BCUT2D eigenvalue weighted by atomic mass is 9.84. The molecule has 3 N–H and O–H groups in total. The maximum atomic E-state index is 14.1. The van der Waals surface area contributed by atoms with Crippen molar-refractivity contribution in [2.75, 3.05) is 26.4 Å². The van der Waals surface area contributed by atoms with Crippen molar-refractivity contribution < 1.29 is 22.8 Å². The van der Waals surface area contributed by atoms with Crippen molar-refractivity contribution in [2.45, 2.75) is 83.6 Å². The van der Waals surface area contributed by atoms with Crippen molar-refractivity contribution in [2.24, 2.45) is 11.3 Å². The third kappa shape index (κ3) is 6.00. The van der Waals surface area contributed by atoms with Crippen LogP contribution in [0.5, 0.6) is 0 Å². The Balaban J connectivity index is 1.62. The Kier molecular flexibility index (Phi) is 8.45. The molecule has 11 heteroatoms. The maximum absolute atomic E-state index is 14.1. The Bertz CT molecular complexity index is 1210. The molecule has 0 spiro atoms. The maximum Gasteiger partial charge on any atom is 0.246 e. The second-order valence-corrected chi connectivity index (χ2v) is 14.2. The van der Waals surface area contributed by atoms with Crippen molar-refractivity contribution in [1.82, 2.24) is 25.2 Å². The van der Waals surface area contributed by atoms with Crippen LogP contribution in [0.2, 0.25) is 0 Å². The minimum atomic E-state index is -3.60. The highest BCUT2D eigenvalue weighted by molar-refractivity contribution is 7.88. The van der Waals surface area contributed by atoms with Gasteiger partial charge >= 0.3 is 0 Å². The van der Waals surface area contributed by atoms with Crippen LogP contribution in [0.25, 0.3) is 0 Å². The summed E-state index contributed by atoms with van der Waals surface area (Å²) in [4.78, 5) is 42.3. The smallest absolute Gasteiger partial charge is 0.246 e. The van der Waals surface area contributed by atoms with Crippen LogP contribution in [-0.2, 0) is 30.8 Å². The Labute approximate surface area is 232 Å². The topological polar surface area (TPSA) is 128 Å². The summed E-state index contributed by atoms with van der Waals surface area (Å²) in [6.07, 6.45) is 4.33. The first-order valence-corrected chi connectivity index (χ1v) is 15.7. The van der Waals surface area contributed by atoms with Crippen molar-refractivity contribution in [3.05, 3.63) is 35.4 Å². The molecule has 0 radical (unpaired) electrons. The summed E-state index contributed by atoms with van der Waals surface area (Å²) >= 11 is 0. The molecule has 0 aromatic heterocycles. The van der Waals surface area contributed by atoms with E-state index in [0.29, 0.717) is 13.0 Å². The lowest BCUT2D eigenvalue weighted by Gasteiger charge is -2.37. The molecule has 2 saturated heterocycles. The number of sulfonamides is 1. The highest BCUT2D eigenvalue weighted by Crippen LogP contribution is 2.39. The van der Waals surface area contributed by atoms with Crippen LogP contribution < -0.4 is 16.0 Å². The standard InChI is InChI=1S/C28H43N5O5S/c1-17(29-5)25(34)31-24(28(2,3)4)27(36)32-15-14-22-23(32)20(16-33(22)39(6,37)38)26(35)30-21-13-9-11-18-10-7-8-12-19(18)21/h7-8,10,12,17,20-24,29H,9,11,13-16H2,1-6H3,(H,30,35)(H,31,34)/t17-,20+,21-,22-,23-,24-/m1/s1. The van der Waals surface area contributed by atoms with Crippen molar-refractivity contribution >= 4 is 27.7 Å². The SMILES string of the molecule is CN[C@H](C)C(=O)N[C@H](C(=O)N1CC[C@@H]2[C@H]1[C@@H](C(=O)N[C@@H]1CCCc3ccccc31)CN2S(C)(=O)=O)C(C)(C)C. The Morgan fingerprint density at radius 2 is 1.79 bits per heavy atom. The number of likely N-dealkylation sites (tertiary alicyclic amines) is 1. The van der Waals surface area contributed by atoms with Crippen molar-refractivity contribution in [1.29, 1.82) is 0 Å². The van der Waals surface area contributed by atoms with E-state index in [9.17, 15) is 22.8 Å². The first-order valence-electron chi connectivity index (χ1n) is 13.9. The third-order valence-electron chi connectivity index (χ3n) is 8.54.